The Balaban J connectivity index is 1.82. The third-order valence-electron chi connectivity index (χ3n) is 3.94. The Kier molecular flexibility index (Phi) is 4.07. The number of aryl methyl sites for hydroxylation is 1. The van der Waals surface area contributed by atoms with Crippen molar-refractivity contribution in [3.05, 3.63) is 41.2 Å². The van der Waals surface area contributed by atoms with Crippen LogP contribution in [0.25, 0.3) is 17.0 Å². The van der Waals surface area contributed by atoms with Crippen LogP contribution in [-0.4, -0.2) is 33.9 Å². The number of fused-ring (bicyclic) bond motifs is 1. The third kappa shape index (κ3) is 3.15. The molecule has 1 fully saturated rings. The molecule has 1 saturated heterocycles. The number of carboxylic acids is 1. The summed E-state index contributed by atoms with van der Waals surface area (Å²) in [7, 11) is 0. The van der Waals surface area contributed by atoms with Crippen LogP contribution in [-0.2, 0) is 14.4 Å². The van der Waals surface area contributed by atoms with Crippen LogP contribution in [0.4, 0.5) is 0 Å². The second-order valence-corrected chi connectivity index (χ2v) is 5.80. The van der Waals surface area contributed by atoms with Gasteiger partial charge in [0.1, 0.15) is 11.7 Å². The van der Waals surface area contributed by atoms with Crippen molar-refractivity contribution in [2.75, 3.05) is 0 Å². The average molecular weight is 327 g/mol. The zero-order valence-corrected chi connectivity index (χ0v) is 13.1. The molecule has 3 rings (SSSR count). The van der Waals surface area contributed by atoms with Crippen LogP contribution in [0.1, 0.15) is 24.0 Å². The first-order chi connectivity index (χ1) is 11.4. The lowest BCUT2D eigenvalue weighted by Gasteiger charge is -2.24. The van der Waals surface area contributed by atoms with Crippen LogP contribution in [0.5, 0.6) is 0 Å². The van der Waals surface area contributed by atoms with Gasteiger partial charge in [-0.15, -0.1) is 0 Å². The number of aliphatic carboxylic acids is 1. The van der Waals surface area contributed by atoms with E-state index >= 15 is 0 Å². The molecule has 1 aliphatic heterocycles. The van der Waals surface area contributed by atoms with Gasteiger partial charge in [0.2, 0.25) is 5.91 Å². The lowest BCUT2D eigenvalue weighted by Crippen LogP contribution is -2.54. The number of carboxylic acid groups (broad SMARTS) is 1. The Labute approximate surface area is 137 Å². The van der Waals surface area contributed by atoms with Crippen molar-refractivity contribution in [2.24, 2.45) is 0 Å². The lowest BCUT2D eigenvalue weighted by molar-refractivity contribution is -0.138. The molecule has 0 saturated carbocycles. The molecule has 7 heteroatoms. The Hall–Kier alpha value is -3.09. The van der Waals surface area contributed by atoms with Gasteiger partial charge in [-0.1, -0.05) is 12.1 Å². The summed E-state index contributed by atoms with van der Waals surface area (Å²) in [6, 6.07) is 5.10. The van der Waals surface area contributed by atoms with Crippen LogP contribution in [0.2, 0.25) is 0 Å². The topological polar surface area (TPSA) is 111 Å². The number of carbonyl (C=O) groups is 3. The minimum atomic E-state index is -1.01. The molecular formula is C17H17N3O4. The summed E-state index contributed by atoms with van der Waals surface area (Å²) in [4.78, 5) is 37.9. The number of amides is 2. The van der Waals surface area contributed by atoms with Crippen LogP contribution in [0.15, 0.2) is 30.1 Å². The van der Waals surface area contributed by atoms with Gasteiger partial charge in [0.25, 0.3) is 5.91 Å². The summed E-state index contributed by atoms with van der Waals surface area (Å²) >= 11 is 0. The minimum absolute atomic E-state index is 0.0621. The van der Waals surface area contributed by atoms with Gasteiger partial charge in [-0.25, -0.2) is 0 Å². The largest absolute Gasteiger partial charge is 0.481 e. The number of H-pyrrole nitrogens is 1. The van der Waals surface area contributed by atoms with E-state index in [1.54, 1.807) is 12.3 Å². The van der Waals surface area contributed by atoms with E-state index < -0.39 is 23.8 Å². The van der Waals surface area contributed by atoms with E-state index in [4.69, 9.17) is 5.11 Å². The van der Waals surface area contributed by atoms with Gasteiger partial charge in [0.15, 0.2) is 0 Å². The van der Waals surface area contributed by atoms with E-state index in [0.29, 0.717) is 0 Å². The van der Waals surface area contributed by atoms with Crippen molar-refractivity contribution >= 4 is 34.8 Å². The highest BCUT2D eigenvalue weighted by Crippen LogP contribution is 2.22. The summed E-state index contributed by atoms with van der Waals surface area (Å²) in [5.74, 6) is -1.84. The Bertz CT molecular complexity index is 866. The average Bonchev–Trinajstić information content (AvgIpc) is 2.91. The van der Waals surface area contributed by atoms with Crippen molar-refractivity contribution in [1.82, 2.24) is 15.6 Å². The van der Waals surface area contributed by atoms with E-state index in [1.165, 1.54) is 0 Å². The Morgan fingerprint density at radius 1 is 1.33 bits per heavy atom. The van der Waals surface area contributed by atoms with Gasteiger partial charge in [0.05, 0.1) is 0 Å². The number of hydrogen-bond donors (Lipinski definition) is 4. The molecule has 1 unspecified atom stereocenters. The maximum Gasteiger partial charge on any atom is 0.303 e. The molecule has 1 aliphatic rings. The van der Waals surface area contributed by atoms with Gasteiger partial charge >= 0.3 is 5.97 Å². The number of nitrogens with one attached hydrogen (secondary N) is 3. The quantitative estimate of drug-likeness (QED) is 0.634. The molecule has 2 aromatic rings. The summed E-state index contributed by atoms with van der Waals surface area (Å²) < 4.78 is 0. The maximum atomic E-state index is 12.2. The first-order valence-electron chi connectivity index (χ1n) is 7.57. The summed E-state index contributed by atoms with van der Waals surface area (Å²) in [5, 5.41) is 14.7. The number of carbonyl (C=O) groups excluding carboxylic acids is 2. The smallest absolute Gasteiger partial charge is 0.303 e. The van der Waals surface area contributed by atoms with Gasteiger partial charge in [0, 0.05) is 29.1 Å². The highest BCUT2D eigenvalue weighted by Gasteiger charge is 2.30. The SMILES string of the molecule is Cc1ccc2c(/C=C3\NC(=O)C(CCC(=O)O)NC3=O)c[nH]c2c1. The van der Waals surface area contributed by atoms with E-state index in [2.05, 4.69) is 15.6 Å². The second kappa shape index (κ2) is 6.19. The van der Waals surface area contributed by atoms with E-state index in [0.717, 1.165) is 22.0 Å². The van der Waals surface area contributed by atoms with E-state index in [9.17, 15) is 14.4 Å². The van der Waals surface area contributed by atoms with Gasteiger partial charge < -0.3 is 20.7 Å². The zero-order chi connectivity index (χ0) is 17.3. The van der Waals surface area contributed by atoms with Gasteiger partial charge in [-0.3, -0.25) is 14.4 Å². The summed E-state index contributed by atoms with van der Waals surface area (Å²) in [6.07, 6.45) is 3.26. The summed E-state index contributed by atoms with van der Waals surface area (Å²) in [6.45, 7) is 1.99. The fraction of sp³-hybridized carbons (Fsp3) is 0.235. The number of piperazine rings is 1. The summed E-state index contributed by atoms with van der Waals surface area (Å²) in [5.41, 5.74) is 3.00. The first-order valence-corrected chi connectivity index (χ1v) is 7.57. The Morgan fingerprint density at radius 3 is 2.88 bits per heavy atom. The molecule has 24 heavy (non-hydrogen) atoms. The fourth-order valence-corrected chi connectivity index (χ4v) is 2.69. The molecule has 1 atom stereocenters. The molecule has 0 aliphatic carbocycles. The molecule has 0 bridgehead atoms. The molecule has 1 aromatic carbocycles. The van der Waals surface area contributed by atoms with Crippen molar-refractivity contribution in [3.63, 3.8) is 0 Å². The molecular weight excluding hydrogens is 310 g/mol. The normalized spacial score (nSPS) is 19.4. The van der Waals surface area contributed by atoms with Crippen molar-refractivity contribution in [3.8, 4) is 0 Å². The van der Waals surface area contributed by atoms with E-state index in [-0.39, 0.29) is 18.5 Å². The second-order valence-electron chi connectivity index (χ2n) is 5.80. The standard InChI is InChI=1S/C17H17N3O4/c1-9-2-3-11-10(8-18-13(11)6-9)7-14-17(24)19-12(16(23)20-14)4-5-15(21)22/h2-3,6-8,12,18H,4-5H2,1H3,(H,19,24)(H,20,23)(H,21,22)/b14-7-. The number of aromatic nitrogens is 1. The first kappa shape index (κ1) is 15.8. The highest BCUT2D eigenvalue weighted by atomic mass is 16.4. The highest BCUT2D eigenvalue weighted by molar-refractivity contribution is 6.08. The van der Waals surface area contributed by atoms with Crippen LogP contribution in [0, 0.1) is 6.92 Å². The van der Waals surface area contributed by atoms with E-state index in [1.807, 2.05) is 25.1 Å². The molecule has 4 N–H and O–H groups in total. The molecule has 1 aromatic heterocycles. The predicted octanol–water partition coefficient (Wildman–Crippen LogP) is 1.30. The van der Waals surface area contributed by atoms with Gasteiger partial charge in [-0.05, 0) is 31.1 Å². The predicted molar refractivity (Wildman–Crippen MR) is 88.0 cm³/mol. The molecule has 0 radical (unpaired) electrons. The number of benzene rings is 1. The van der Waals surface area contributed by atoms with Crippen LogP contribution >= 0.6 is 0 Å². The van der Waals surface area contributed by atoms with Crippen molar-refractivity contribution in [2.45, 2.75) is 25.8 Å². The molecule has 2 heterocycles. The number of hydrogen-bond acceptors (Lipinski definition) is 3. The fourth-order valence-electron chi connectivity index (χ4n) is 2.69. The monoisotopic (exact) mass is 327 g/mol. The molecule has 7 nitrogen and oxygen atoms in total. The third-order valence-corrected chi connectivity index (χ3v) is 3.94. The molecule has 124 valence electrons. The van der Waals surface area contributed by atoms with Crippen LogP contribution in [0.3, 0.4) is 0 Å². The van der Waals surface area contributed by atoms with Crippen molar-refractivity contribution in [1.29, 1.82) is 0 Å². The molecule has 0 spiro atoms. The molecule has 2 amide bonds. The van der Waals surface area contributed by atoms with Crippen molar-refractivity contribution < 1.29 is 19.5 Å². The Morgan fingerprint density at radius 2 is 2.12 bits per heavy atom. The number of rotatable bonds is 4. The maximum absolute atomic E-state index is 12.2. The van der Waals surface area contributed by atoms with Gasteiger partial charge in [-0.2, -0.15) is 0 Å². The number of aromatic amines is 1. The zero-order valence-electron chi connectivity index (χ0n) is 13.1. The lowest BCUT2D eigenvalue weighted by atomic mass is 10.1. The van der Waals surface area contributed by atoms with Crippen LogP contribution < -0.4 is 10.6 Å². The minimum Gasteiger partial charge on any atom is -0.481 e.